The summed E-state index contributed by atoms with van der Waals surface area (Å²) in [6, 6.07) is 15.3. The van der Waals surface area contributed by atoms with E-state index in [2.05, 4.69) is 10.4 Å². The number of hydrogen-bond donors (Lipinski definition) is 1. The molecule has 0 aliphatic carbocycles. The molecule has 3 amide bonds. The van der Waals surface area contributed by atoms with Crippen LogP contribution in [0.1, 0.15) is 42.5 Å². The van der Waals surface area contributed by atoms with Gasteiger partial charge in [-0.05, 0) is 31.0 Å². The predicted molar refractivity (Wildman–Crippen MR) is 121 cm³/mol. The number of carbonyl (C=O) groups excluding carboxylic acids is 2. The molecule has 3 rings (SSSR count). The summed E-state index contributed by atoms with van der Waals surface area (Å²) in [7, 11) is 3.24. The molecule has 0 radical (unpaired) electrons. The molecule has 2 aromatic rings. The number of hydrogen-bond acceptors (Lipinski definition) is 4. The Labute approximate surface area is 183 Å². The van der Waals surface area contributed by atoms with E-state index in [-0.39, 0.29) is 24.5 Å². The summed E-state index contributed by atoms with van der Waals surface area (Å²) in [6.07, 6.45) is 1.43. The number of likely N-dealkylation sites (N-methyl/N-ethyl adjacent to an activating group) is 1. The minimum absolute atomic E-state index is 0.0488. The third kappa shape index (κ3) is 5.42. The van der Waals surface area contributed by atoms with Crippen LogP contribution in [0, 0.1) is 6.92 Å². The predicted octanol–water partition coefficient (Wildman–Crippen LogP) is 3.73. The van der Waals surface area contributed by atoms with Crippen LogP contribution in [-0.4, -0.2) is 54.8 Å². The quantitative estimate of drug-likeness (QED) is 0.739. The van der Waals surface area contributed by atoms with Crippen LogP contribution in [0.4, 0.5) is 4.79 Å². The van der Waals surface area contributed by atoms with Crippen molar-refractivity contribution in [2.45, 2.75) is 32.7 Å². The summed E-state index contributed by atoms with van der Waals surface area (Å²) in [4.78, 5) is 26.7. The second kappa shape index (κ2) is 10.1. The van der Waals surface area contributed by atoms with Gasteiger partial charge in [0.05, 0.1) is 18.9 Å². The summed E-state index contributed by atoms with van der Waals surface area (Å²) >= 11 is 0. The highest BCUT2D eigenvalue weighted by Gasteiger charge is 2.34. The summed E-state index contributed by atoms with van der Waals surface area (Å²) in [5.41, 5.74) is 3.90. The standard InChI is InChI=1S/C24H30N4O3/c1-5-13-25-24(30)27(3)16-23(29)28-22(18-11-9-17(2)10-12-18)15-21(26-28)19-7-6-8-20(14-19)31-4/h6-12,14,22H,5,13,15-16H2,1-4H3,(H,25,30). The maximum atomic E-state index is 13.2. The van der Waals surface area contributed by atoms with E-state index in [9.17, 15) is 9.59 Å². The molecular formula is C24H30N4O3. The molecule has 2 aromatic carbocycles. The maximum Gasteiger partial charge on any atom is 0.317 e. The number of benzene rings is 2. The van der Waals surface area contributed by atoms with Gasteiger partial charge in [0.15, 0.2) is 0 Å². The van der Waals surface area contributed by atoms with Gasteiger partial charge in [-0.25, -0.2) is 9.80 Å². The molecule has 1 N–H and O–H groups in total. The summed E-state index contributed by atoms with van der Waals surface area (Å²) in [5, 5.41) is 8.98. The highest BCUT2D eigenvalue weighted by Crippen LogP contribution is 2.33. The first-order valence-corrected chi connectivity index (χ1v) is 10.5. The van der Waals surface area contributed by atoms with Crippen LogP contribution in [0.15, 0.2) is 53.6 Å². The van der Waals surface area contributed by atoms with Crippen molar-refractivity contribution in [3.05, 3.63) is 65.2 Å². The van der Waals surface area contributed by atoms with Gasteiger partial charge in [-0.3, -0.25) is 4.79 Å². The highest BCUT2D eigenvalue weighted by molar-refractivity contribution is 6.03. The van der Waals surface area contributed by atoms with Crippen LogP contribution in [0.25, 0.3) is 0 Å². The molecule has 164 valence electrons. The topological polar surface area (TPSA) is 74.2 Å². The van der Waals surface area contributed by atoms with E-state index >= 15 is 0 Å². The number of nitrogens with zero attached hydrogens (tertiary/aromatic N) is 3. The van der Waals surface area contributed by atoms with E-state index in [0.29, 0.717) is 13.0 Å². The van der Waals surface area contributed by atoms with Crippen molar-refractivity contribution in [1.29, 1.82) is 0 Å². The monoisotopic (exact) mass is 422 g/mol. The Hall–Kier alpha value is -3.35. The summed E-state index contributed by atoms with van der Waals surface area (Å²) < 4.78 is 5.34. The molecule has 1 heterocycles. The smallest absolute Gasteiger partial charge is 0.317 e. The van der Waals surface area contributed by atoms with Crippen molar-refractivity contribution in [1.82, 2.24) is 15.2 Å². The molecule has 1 unspecified atom stereocenters. The van der Waals surface area contributed by atoms with Gasteiger partial charge in [-0.2, -0.15) is 5.10 Å². The van der Waals surface area contributed by atoms with Gasteiger partial charge in [-0.1, -0.05) is 48.9 Å². The van der Waals surface area contributed by atoms with Crippen LogP contribution in [0.5, 0.6) is 5.75 Å². The van der Waals surface area contributed by atoms with E-state index in [1.54, 1.807) is 14.2 Å². The lowest BCUT2D eigenvalue weighted by Crippen LogP contribution is -2.43. The third-order valence-electron chi connectivity index (χ3n) is 5.28. The number of hydrazone groups is 1. The van der Waals surface area contributed by atoms with Gasteiger partial charge in [0, 0.05) is 25.6 Å². The van der Waals surface area contributed by atoms with Crippen LogP contribution < -0.4 is 10.1 Å². The van der Waals surface area contributed by atoms with E-state index in [1.807, 2.05) is 62.4 Å². The van der Waals surface area contributed by atoms with Gasteiger partial charge in [0.2, 0.25) is 0 Å². The van der Waals surface area contributed by atoms with Crippen LogP contribution in [-0.2, 0) is 4.79 Å². The minimum atomic E-state index is -0.265. The zero-order valence-corrected chi connectivity index (χ0v) is 18.6. The first-order valence-electron chi connectivity index (χ1n) is 10.5. The molecule has 0 saturated heterocycles. The number of amides is 3. The van der Waals surface area contributed by atoms with Crippen molar-refractivity contribution >= 4 is 17.6 Å². The van der Waals surface area contributed by atoms with Crippen LogP contribution in [0.3, 0.4) is 0 Å². The van der Waals surface area contributed by atoms with E-state index < -0.39 is 0 Å². The summed E-state index contributed by atoms with van der Waals surface area (Å²) in [6.45, 7) is 4.54. The van der Waals surface area contributed by atoms with Gasteiger partial charge in [-0.15, -0.1) is 0 Å². The lowest BCUT2D eigenvalue weighted by molar-refractivity contribution is -0.133. The zero-order chi connectivity index (χ0) is 22.4. The minimum Gasteiger partial charge on any atom is -0.497 e. The van der Waals surface area contributed by atoms with E-state index in [1.165, 1.54) is 9.91 Å². The van der Waals surface area contributed by atoms with Crippen molar-refractivity contribution < 1.29 is 14.3 Å². The molecular weight excluding hydrogens is 392 g/mol. The fourth-order valence-corrected chi connectivity index (χ4v) is 3.48. The van der Waals surface area contributed by atoms with Gasteiger partial charge in [0.1, 0.15) is 12.3 Å². The Balaban J connectivity index is 1.85. The fraction of sp³-hybridized carbons (Fsp3) is 0.375. The van der Waals surface area contributed by atoms with E-state index in [0.717, 1.165) is 34.6 Å². The lowest BCUT2D eigenvalue weighted by atomic mass is 9.97. The average molecular weight is 423 g/mol. The molecule has 7 heteroatoms. The molecule has 1 atom stereocenters. The van der Waals surface area contributed by atoms with Crippen molar-refractivity contribution in [2.75, 3.05) is 27.2 Å². The van der Waals surface area contributed by atoms with Crippen molar-refractivity contribution in [2.24, 2.45) is 5.10 Å². The number of aryl methyl sites for hydroxylation is 1. The Morgan fingerprint density at radius 3 is 2.65 bits per heavy atom. The number of carbonyl (C=O) groups is 2. The SMILES string of the molecule is CCCNC(=O)N(C)CC(=O)N1N=C(c2cccc(OC)c2)CC1c1ccc(C)cc1. The van der Waals surface area contributed by atoms with Gasteiger partial charge >= 0.3 is 6.03 Å². The number of rotatable bonds is 7. The second-order valence-corrected chi connectivity index (χ2v) is 7.74. The fourth-order valence-electron chi connectivity index (χ4n) is 3.48. The van der Waals surface area contributed by atoms with Gasteiger partial charge < -0.3 is 15.0 Å². The third-order valence-corrected chi connectivity index (χ3v) is 5.28. The van der Waals surface area contributed by atoms with E-state index in [4.69, 9.17) is 4.74 Å². The molecule has 31 heavy (non-hydrogen) atoms. The molecule has 1 aliphatic rings. The Morgan fingerprint density at radius 1 is 1.23 bits per heavy atom. The number of urea groups is 1. The van der Waals surface area contributed by atoms with Crippen LogP contribution >= 0.6 is 0 Å². The molecule has 0 fully saturated rings. The maximum absolute atomic E-state index is 13.2. The number of methoxy groups -OCH3 is 1. The molecule has 0 aromatic heterocycles. The zero-order valence-electron chi connectivity index (χ0n) is 18.6. The van der Waals surface area contributed by atoms with Crippen molar-refractivity contribution in [3.63, 3.8) is 0 Å². The summed E-state index contributed by atoms with van der Waals surface area (Å²) in [5.74, 6) is 0.516. The van der Waals surface area contributed by atoms with Gasteiger partial charge in [0.25, 0.3) is 5.91 Å². The first-order chi connectivity index (χ1) is 14.9. The molecule has 1 aliphatic heterocycles. The highest BCUT2D eigenvalue weighted by atomic mass is 16.5. The molecule has 0 saturated carbocycles. The van der Waals surface area contributed by atoms with Crippen molar-refractivity contribution in [3.8, 4) is 5.75 Å². The molecule has 0 bridgehead atoms. The number of nitrogens with one attached hydrogen (secondary N) is 1. The molecule has 7 nitrogen and oxygen atoms in total. The largest absolute Gasteiger partial charge is 0.497 e. The average Bonchev–Trinajstić information content (AvgIpc) is 3.23. The lowest BCUT2D eigenvalue weighted by Gasteiger charge is -2.25. The Morgan fingerprint density at radius 2 is 1.97 bits per heavy atom. The van der Waals surface area contributed by atoms with Crippen LogP contribution in [0.2, 0.25) is 0 Å². The second-order valence-electron chi connectivity index (χ2n) is 7.74. The number of ether oxygens (including phenoxy) is 1. The Bertz CT molecular complexity index is 956. The Kier molecular flexibility index (Phi) is 7.28. The normalized spacial score (nSPS) is 15.4. The molecule has 0 spiro atoms. The first kappa shape index (κ1) is 22.3.